The van der Waals surface area contributed by atoms with Gasteiger partial charge in [-0.05, 0) is 52.7 Å². The molecule has 0 saturated carbocycles. The molecule has 0 aromatic heterocycles. The van der Waals surface area contributed by atoms with E-state index in [1.165, 1.54) is 18.2 Å². The van der Waals surface area contributed by atoms with Gasteiger partial charge in [0.25, 0.3) is 11.6 Å². The molecular weight excluding hydrogens is 343 g/mol. The van der Waals surface area contributed by atoms with Gasteiger partial charge < -0.3 is 5.32 Å². The lowest BCUT2D eigenvalue weighted by atomic mass is 10.1. The van der Waals surface area contributed by atoms with Crippen LogP contribution in [-0.4, -0.2) is 10.8 Å². The highest BCUT2D eigenvalue weighted by molar-refractivity contribution is 9.10. The van der Waals surface area contributed by atoms with E-state index in [2.05, 4.69) is 21.2 Å². The number of carbonyl (C=O) groups excluding carboxylic acids is 1. The van der Waals surface area contributed by atoms with Crippen LogP contribution >= 0.6 is 15.9 Å². The van der Waals surface area contributed by atoms with Crippen LogP contribution in [0.3, 0.4) is 0 Å². The average molecular weight is 353 g/mol. The molecule has 0 bridgehead atoms. The molecule has 0 unspecified atom stereocenters. The van der Waals surface area contributed by atoms with Crippen molar-refractivity contribution in [3.05, 3.63) is 67.9 Å². The number of hydrogen-bond donors (Lipinski definition) is 1. The zero-order chi connectivity index (χ0) is 15.6. The van der Waals surface area contributed by atoms with E-state index in [9.17, 15) is 19.3 Å². The van der Waals surface area contributed by atoms with Crippen LogP contribution in [0, 0.1) is 22.9 Å². The monoisotopic (exact) mass is 352 g/mol. The summed E-state index contributed by atoms with van der Waals surface area (Å²) in [5.74, 6) is -1.05. The predicted octanol–water partition coefficient (Wildman–Crippen LogP) is 4.06. The lowest BCUT2D eigenvalue weighted by molar-refractivity contribution is -0.384. The van der Waals surface area contributed by atoms with Crippen molar-refractivity contribution in [3.63, 3.8) is 0 Å². The van der Waals surface area contributed by atoms with Gasteiger partial charge >= 0.3 is 0 Å². The van der Waals surface area contributed by atoms with Gasteiger partial charge in [-0.15, -0.1) is 0 Å². The number of anilines is 1. The lowest BCUT2D eigenvalue weighted by Crippen LogP contribution is -2.14. The Kier molecular flexibility index (Phi) is 4.32. The Balaban J connectivity index is 2.34. The van der Waals surface area contributed by atoms with Crippen molar-refractivity contribution >= 4 is 33.2 Å². The second-order valence-corrected chi connectivity index (χ2v) is 5.21. The standard InChI is InChI=1S/C14H10BrFN2O3/c1-8-2-5-12(13(6-8)18(20)21)17-14(19)10-4-3-9(16)7-11(10)15/h2-7H,1H3,(H,17,19). The van der Waals surface area contributed by atoms with Crippen LogP contribution < -0.4 is 5.32 Å². The van der Waals surface area contributed by atoms with Gasteiger partial charge in [0.05, 0.1) is 10.5 Å². The molecule has 1 amide bonds. The largest absolute Gasteiger partial charge is 0.316 e. The maximum atomic E-state index is 13.0. The van der Waals surface area contributed by atoms with Crippen LogP contribution in [-0.2, 0) is 0 Å². The molecule has 7 heteroatoms. The molecule has 0 aliphatic carbocycles. The third-order valence-electron chi connectivity index (χ3n) is 2.77. The van der Waals surface area contributed by atoms with E-state index in [0.717, 1.165) is 12.1 Å². The maximum absolute atomic E-state index is 13.0. The maximum Gasteiger partial charge on any atom is 0.293 e. The molecule has 108 valence electrons. The van der Waals surface area contributed by atoms with E-state index < -0.39 is 16.6 Å². The highest BCUT2D eigenvalue weighted by Gasteiger charge is 2.18. The van der Waals surface area contributed by atoms with Crippen LogP contribution in [0.4, 0.5) is 15.8 Å². The zero-order valence-corrected chi connectivity index (χ0v) is 12.5. The number of nitrogens with zero attached hydrogens (tertiary/aromatic N) is 1. The Morgan fingerprint density at radius 3 is 2.62 bits per heavy atom. The summed E-state index contributed by atoms with van der Waals surface area (Å²) in [5.41, 5.74) is 0.794. The lowest BCUT2D eigenvalue weighted by Gasteiger charge is -2.08. The molecule has 0 saturated heterocycles. The zero-order valence-electron chi connectivity index (χ0n) is 10.9. The number of hydrogen-bond acceptors (Lipinski definition) is 3. The molecule has 2 rings (SSSR count). The molecule has 2 aromatic carbocycles. The fourth-order valence-corrected chi connectivity index (χ4v) is 2.29. The van der Waals surface area contributed by atoms with Crippen molar-refractivity contribution in [3.8, 4) is 0 Å². The molecule has 0 atom stereocenters. The van der Waals surface area contributed by atoms with Crippen LogP contribution in [0.5, 0.6) is 0 Å². The van der Waals surface area contributed by atoms with Crippen LogP contribution in [0.15, 0.2) is 40.9 Å². The fraction of sp³-hybridized carbons (Fsp3) is 0.0714. The van der Waals surface area contributed by atoms with Crippen molar-refractivity contribution in [2.24, 2.45) is 0 Å². The molecule has 0 heterocycles. The predicted molar refractivity (Wildman–Crippen MR) is 79.9 cm³/mol. The highest BCUT2D eigenvalue weighted by Crippen LogP contribution is 2.27. The van der Waals surface area contributed by atoms with Crippen LogP contribution in [0.25, 0.3) is 0 Å². The van der Waals surface area contributed by atoms with Crippen LogP contribution in [0.1, 0.15) is 15.9 Å². The van der Waals surface area contributed by atoms with Gasteiger partial charge in [0, 0.05) is 10.5 Å². The van der Waals surface area contributed by atoms with Crippen molar-refractivity contribution in [1.29, 1.82) is 0 Å². The Bertz CT molecular complexity index is 734. The first kappa shape index (κ1) is 15.1. The quantitative estimate of drug-likeness (QED) is 0.668. The van der Waals surface area contributed by atoms with Gasteiger partial charge in [0.15, 0.2) is 0 Å². The molecule has 5 nitrogen and oxygen atoms in total. The van der Waals surface area contributed by atoms with Gasteiger partial charge in [-0.1, -0.05) is 6.07 Å². The second kappa shape index (κ2) is 6.01. The van der Waals surface area contributed by atoms with Gasteiger partial charge in [0.1, 0.15) is 11.5 Å². The van der Waals surface area contributed by atoms with E-state index in [1.54, 1.807) is 13.0 Å². The molecule has 21 heavy (non-hydrogen) atoms. The van der Waals surface area contributed by atoms with E-state index >= 15 is 0 Å². The Morgan fingerprint density at radius 1 is 1.29 bits per heavy atom. The summed E-state index contributed by atoms with van der Waals surface area (Å²) in [6.45, 7) is 1.72. The minimum Gasteiger partial charge on any atom is -0.316 e. The SMILES string of the molecule is Cc1ccc(NC(=O)c2ccc(F)cc2Br)c([N+](=O)[O-])c1. The van der Waals surface area contributed by atoms with Gasteiger partial charge in [-0.25, -0.2) is 4.39 Å². The third-order valence-corrected chi connectivity index (χ3v) is 3.43. The summed E-state index contributed by atoms with van der Waals surface area (Å²) >= 11 is 3.09. The van der Waals surface area contributed by atoms with Crippen LogP contribution in [0.2, 0.25) is 0 Å². The first-order valence-corrected chi connectivity index (χ1v) is 6.69. The van der Waals surface area contributed by atoms with Gasteiger partial charge in [-0.3, -0.25) is 14.9 Å². The smallest absolute Gasteiger partial charge is 0.293 e. The molecule has 0 spiro atoms. The van der Waals surface area contributed by atoms with Crippen molar-refractivity contribution in [2.75, 3.05) is 5.32 Å². The normalized spacial score (nSPS) is 10.2. The molecule has 0 radical (unpaired) electrons. The summed E-state index contributed by atoms with van der Waals surface area (Å²) in [5, 5.41) is 13.5. The molecular formula is C14H10BrFN2O3. The summed E-state index contributed by atoms with van der Waals surface area (Å²) < 4.78 is 13.3. The minimum atomic E-state index is -0.567. The molecule has 2 aromatic rings. The molecule has 0 fully saturated rings. The number of nitro benzene ring substituents is 1. The second-order valence-electron chi connectivity index (χ2n) is 4.36. The van der Waals surface area contributed by atoms with Crippen molar-refractivity contribution in [1.82, 2.24) is 0 Å². The third kappa shape index (κ3) is 3.43. The number of carbonyl (C=O) groups is 1. The Labute approximate surface area is 128 Å². The molecule has 0 aliphatic heterocycles. The molecule has 1 N–H and O–H groups in total. The summed E-state index contributed by atoms with van der Waals surface area (Å²) in [6.07, 6.45) is 0. The number of nitro groups is 1. The topological polar surface area (TPSA) is 72.2 Å². The van der Waals surface area contributed by atoms with E-state index in [-0.39, 0.29) is 21.4 Å². The summed E-state index contributed by atoms with van der Waals surface area (Å²) in [4.78, 5) is 22.6. The Morgan fingerprint density at radius 2 is 2.00 bits per heavy atom. The van der Waals surface area contributed by atoms with Gasteiger partial charge in [-0.2, -0.15) is 0 Å². The highest BCUT2D eigenvalue weighted by atomic mass is 79.9. The van der Waals surface area contributed by atoms with Gasteiger partial charge in [0.2, 0.25) is 0 Å². The number of rotatable bonds is 3. The Hall–Kier alpha value is -2.28. The van der Waals surface area contributed by atoms with E-state index in [1.807, 2.05) is 0 Å². The minimum absolute atomic E-state index is 0.0897. The number of amides is 1. The summed E-state index contributed by atoms with van der Waals surface area (Å²) in [7, 11) is 0. The fourth-order valence-electron chi connectivity index (χ4n) is 1.76. The number of nitrogens with one attached hydrogen (secondary N) is 1. The van der Waals surface area contributed by atoms with E-state index in [0.29, 0.717) is 5.56 Å². The van der Waals surface area contributed by atoms with Crippen molar-refractivity contribution < 1.29 is 14.1 Å². The average Bonchev–Trinajstić information content (AvgIpc) is 2.40. The molecule has 0 aliphatic rings. The number of halogens is 2. The first-order chi connectivity index (χ1) is 9.88. The van der Waals surface area contributed by atoms with E-state index in [4.69, 9.17) is 0 Å². The summed E-state index contributed by atoms with van der Waals surface area (Å²) in [6, 6.07) is 8.08. The number of benzene rings is 2. The first-order valence-electron chi connectivity index (χ1n) is 5.90. The van der Waals surface area contributed by atoms with Crippen molar-refractivity contribution in [2.45, 2.75) is 6.92 Å². The number of aryl methyl sites for hydroxylation is 1.